The molecule has 1 aromatic rings. The number of aryl methyl sites for hydroxylation is 1. The zero-order valence-electron chi connectivity index (χ0n) is 10.7. The second-order valence-electron chi connectivity index (χ2n) is 4.45. The standard InChI is InChI=1S/C14H25NS/c1-3-4-5-6-8-13(15-2)10-11-14-9-7-12-16-14/h7,9,12-13,15H,3-6,8,10-11H2,1-2H3. The van der Waals surface area contributed by atoms with Gasteiger partial charge in [-0.15, -0.1) is 11.3 Å². The predicted molar refractivity (Wildman–Crippen MR) is 74.2 cm³/mol. The van der Waals surface area contributed by atoms with Crippen molar-refractivity contribution in [3.05, 3.63) is 22.4 Å². The average molecular weight is 239 g/mol. The molecule has 92 valence electrons. The third kappa shape index (κ3) is 5.66. The van der Waals surface area contributed by atoms with Crippen LogP contribution in [0.1, 0.15) is 50.3 Å². The molecule has 16 heavy (non-hydrogen) atoms. The van der Waals surface area contributed by atoms with Gasteiger partial charge in [-0.25, -0.2) is 0 Å². The van der Waals surface area contributed by atoms with E-state index in [4.69, 9.17) is 0 Å². The summed E-state index contributed by atoms with van der Waals surface area (Å²) in [4.78, 5) is 1.52. The molecule has 0 aliphatic carbocycles. The van der Waals surface area contributed by atoms with Gasteiger partial charge in [-0.3, -0.25) is 0 Å². The maximum Gasteiger partial charge on any atom is 0.00675 e. The van der Waals surface area contributed by atoms with E-state index in [1.165, 1.54) is 49.8 Å². The van der Waals surface area contributed by atoms with E-state index in [-0.39, 0.29) is 0 Å². The van der Waals surface area contributed by atoms with Crippen LogP contribution in [0.5, 0.6) is 0 Å². The van der Waals surface area contributed by atoms with Gasteiger partial charge in [-0.2, -0.15) is 0 Å². The molecule has 1 unspecified atom stereocenters. The molecule has 0 radical (unpaired) electrons. The zero-order valence-corrected chi connectivity index (χ0v) is 11.5. The first-order valence-electron chi connectivity index (χ1n) is 6.56. The molecule has 0 spiro atoms. The van der Waals surface area contributed by atoms with Crippen molar-refractivity contribution >= 4 is 11.3 Å². The van der Waals surface area contributed by atoms with Gasteiger partial charge in [0.2, 0.25) is 0 Å². The summed E-state index contributed by atoms with van der Waals surface area (Å²) < 4.78 is 0. The lowest BCUT2D eigenvalue weighted by Crippen LogP contribution is -2.25. The van der Waals surface area contributed by atoms with Crippen LogP contribution in [0.25, 0.3) is 0 Å². The summed E-state index contributed by atoms with van der Waals surface area (Å²) in [6.45, 7) is 2.27. The van der Waals surface area contributed by atoms with Crippen LogP contribution in [0.15, 0.2) is 17.5 Å². The summed E-state index contributed by atoms with van der Waals surface area (Å²) in [5.74, 6) is 0. The van der Waals surface area contributed by atoms with E-state index in [1.54, 1.807) is 0 Å². The van der Waals surface area contributed by atoms with Gasteiger partial charge in [-0.1, -0.05) is 38.7 Å². The molecule has 0 amide bonds. The van der Waals surface area contributed by atoms with Crippen LogP contribution >= 0.6 is 11.3 Å². The summed E-state index contributed by atoms with van der Waals surface area (Å²) in [7, 11) is 2.10. The van der Waals surface area contributed by atoms with E-state index in [9.17, 15) is 0 Å². The highest BCUT2D eigenvalue weighted by Crippen LogP contribution is 2.14. The fourth-order valence-electron chi connectivity index (χ4n) is 2.02. The maximum atomic E-state index is 3.45. The molecule has 1 rings (SSSR count). The molecule has 0 bridgehead atoms. The first-order valence-corrected chi connectivity index (χ1v) is 7.44. The minimum Gasteiger partial charge on any atom is -0.317 e. The highest BCUT2D eigenvalue weighted by atomic mass is 32.1. The van der Waals surface area contributed by atoms with E-state index in [2.05, 4.69) is 36.8 Å². The van der Waals surface area contributed by atoms with Crippen LogP contribution in [0, 0.1) is 0 Å². The summed E-state index contributed by atoms with van der Waals surface area (Å²) >= 11 is 1.88. The lowest BCUT2D eigenvalue weighted by Gasteiger charge is -2.15. The van der Waals surface area contributed by atoms with Crippen LogP contribution in [-0.2, 0) is 6.42 Å². The minimum absolute atomic E-state index is 0.707. The van der Waals surface area contributed by atoms with E-state index in [0.29, 0.717) is 6.04 Å². The van der Waals surface area contributed by atoms with E-state index in [0.717, 1.165) is 0 Å². The summed E-state index contributed by atoms with van der Waals surface area (Å²) in [5.41, 5.74) is 0. The van der Waals surface area contributed by atoms with Gasteiger partial charge in [0.25, 0.3) is 0 Å². The molecule has 0 saturated carbocycles. The molecule has 1 nitrogen and oxygen atoms in total. The minimum atomic E-state index is 0.707. The van der Waals surface area contributed by atoms with Crippen LogP contribution in [0.4, 0.5) is 0 Å². The zero-order chi connectivity index (χ0) is 11.6. The Labute approximate surface area is 104 Å². The number of nitrogens with one attached hydrogen (secondary N) is 1. The molecule has 1 atom stereocenters. The maximum absolute atomic E-state index is 3.45. The van der Waals surface area contributed by atoms with Crippen LogP contribution in [0.3, 0.4) is 0 Å². The third-order valence-electron chi connectivity index (χ3n) is 3.13. The van der Waals surface area contributed by atoms with E-state index >= 15 is 0 Å². The topological polar surface area (TPSA) is 12.0 Å². The lowest BCUT2D eigenvalue weighted by atomic mass is 10.0. The number of unbranched alkanes of at least 4 members (excludes halogenated alkanes) is 3. The van der Waals surface area contributed by atoms with Gasteiger partial charge in [0.15, 0.2) is 0 Å². The molecule has 1 N–H and O–H groups in total. The van der Waals surface area contributed by atoms with Crippen LogP contribution in [-0.4, -0.2) is 13.1 Å². The Kier molecular flexibility index (Phi) is 7.52. The normalized spacial score (nSPS) is 12.9. The largest absolute Gasteiger partial charge is 0.317 e. The fraction of sp³-hybridized carbons (Fsp3) is 0.714. The van der Waals surface area contributed by atoms with Gasteiger partial charge < -0.3 is 5.32 Å². The first kappa shape index (κ1) is 13.7. The van der Waals surface area contributed by atoms with E-state index < -0.39 is 0 Å². The van der Waals surface area contributed by atoms with Crippen LogP contribution in [0.2, 0.25) is 0 Å². The monoisotopic (exact) mass is 239 g/mol. The first-order chi connectivity index (χ1) is 7.86. The third-order valence-corrected chi connectivity index (χ3v) is 4.07. The van der Waals surface area contributed by atoms with Crippen molar-refractivity contribution in [2.24, 2.45) is 0 Å². The smallest absolute Gasteiger partial charge is 0.00675 e. The van der Waals surface area contributed by atoms with Crippen molar-refractivity contribution in [3.8, 4) is 0 Å². The Morgan fingerprint density at radius 3 is 2.75 bits per heavy atom. The SMILES string of the molecule is CCCCCCC(CCc1cccs1)NC. The predicted octanol–water partition coefficient (Wildman–Crippen LogP) is 4.24. The summed E-state index contributed by atoms with van der Waals surface area (Å²) in [6, 6.07) is 5.10. The number of hydrogen-bond acceptors (Lipinski definition) is 2. The van der Waals surface area contributed by atoms with Gasteiger partial charge in [-0.05, 0) is 37.8 Å². The number of rotatable bonds is 9. The second-order valence-corrected chi connectivity index (χ2v) is 5.49. The van der Waals surface area contributed by atoms with Crippen LogP contribution < -0.4 is 5.32 Å². The van der Waals surface area contributed by atoms with Crippen molar-refractivity contribution in [2.45, 2.75) is 57.9 Å². The Morgan fingerprint density at radius 2 is 2.12 bits per heavy atom. The van der Waals surface area contributed by atoms with Crippen molar-refractivity contribution in [1.29, 1.82) is 0 Å². The number of hydrogen-bond donors (Lipinski definition) is 1. The summed E-state index contributed by atoms with van der Waals surface area (Å²) in [6.07, 6.45) is 9.35. The highest BCUT2D eigenvalue weighted by Gasteiger charge is 2.06. The molecule has 1 aromatic heterocycles. The van der Waals surface area contributed by atoms with Crippen molar-refractivity contribution in [1.82, 2.24) is 5.32 Å². The van der Waals surface area contributed by atoms with Gasteiger partial charge in [0, 0.05) is 10.9 Å². The van der Waals surface area contributed by atoms with Crippen molar-refractivity contribution in [2.75, 3.05) is 7.05 Å². The van der Waals surface area contributed by atoms with E-state index in [1.807, 2.05) is 11.3 Å². The quantitative estimate of drug-likeness (QED) is 0.636. The van der Waals surface area contributed by atoms with Gasteiger partial charge >= 0.3 is 0 Å². The average Bonchev–Trinajstić information content (AvgIpc) is 2.81. The Hall–Kier alpha value is -0.340. The lowest BCUT2D eigenvalue weighted by molar-refractivity contribution is 0.462. The molecule has 0 fully saturated rings. The molecule has 0 saturated heterocycles. The molecule has 0 aromatic carbocycles. The summed E-state index contributed by atoms with van der Waals surface area (Å²) in [5, 5.41) is 5.62. The molecular formula is C14H25NS. The molecular weight excluding hydrogens is 214 g/mol. The van der Waals surface area contributed by atoms with Crippen molar-refractivity contribution in [3.63, 3.8) is 0 Å². The van der Waals surface area contributed by atoms with Crippen molar-refractivity contribution < 1.29 is 0 Å². The molecule has 0 aliphatic heterocycles. The van der Waals surface area contributed by atoms with Gasteiger partial charge in [0.05, 0.1) is 0 Å². The molecule has 0 aliphatic rings. The highest BCUT2D eigenvalue weighted by molar-refractivity contribution is 7.09. The number of thiophene rings is 1. The Bertz CT molecular complexity index is 243. The molecule has 2 heteroatoms. The second kappa shape index (κ2) is 8.77. The fourth-order valence-corrected chi connectivity index (χ4v) is 2.75. The Balaban J connectivity index is 2.11. The Morgan fingerprint density at radius 1 is 1.25 bits per heavy atom. The van der Waals surface area contributed by atoms with Gasteiger partial charge in [0.1, 0.15) is 0 Å². The molecule has 1 heterocycles.